The number of carboxylic acid groups (broad SMARTS) is 1. The second kappa shape index (κ2) is 5.33. The van der Waals surface area contributed by atoms with Crippen LogP contribution in [0.5, 0.6) is 0 Å². The van der Waals surface area contributed by atoms with Crippen molar-refractivity contribution in [1.82, 2.24) is 9.97 Å². The summed E-state index contributed by atoms with van der Waals surface area (Å²) >= 11 is 0. The molecule has 1 aliphatic heterocycles. The van der Waals surface area contributed by atoms with Gasteiger partial charge in [-0.25, -0.2) is 14.8 Å². The van der Waals surface area contributed by atoms with Crippen LogP contribution in [0.1, 0.15) is 37.2 Å². The predicted molar refractivity (Wildman–Crippen MR) is 68.8 cm³/mol. The first-order valence-electron chi connectivity index (χ1n) is 6.36. The number of carboxylic acids is 1. The number of nitrogens with zero attached hydrogens (tertiary/aromatic N) is 3. The van der Waals surface area contributed by atoms with E-state index in [9.17, 15) is 4.79 Å². The molecule has 0 amide bonds. The van der Waals surface area contributed by atoms with Crippen LogP contribution in [0.2, 0.25) is 0 Å². The third-order valence-corrected chi connectivity index (χ3v) is 3.41. The Kier molecular flexibility index (Phi) is 3.79. The second-order valence-electron chi connectivity index (χ2n) is 5.25. The topological polar surface area (TPSA) is 66.3 Å². The molecule has 0 aliphatic carbocycles. The molecule has 1 saturated heterocycles. The molecular formula is C13H19N3O2. The van der Waals surface area contributed by atoms with Crippen LogP contribution < -0.4 is 4.90 Å². The summed E-state index contributed by atoms with van der Waals surface area (Å²) in [5.74, 6) is 1.10. The summed E-state index contributed by atoms with van der Waals surface area (Å²) in [6, 6.07) is 0. The van der Waals surface area contributed by atoms with Gasteiger partial charge in [0, 0.05) is 13.1 Å². The molecule has 2 heterocycles. The smallest absolute Gasteiger partial charge is 0.356 e. The number of anilines is 1. The molecule has 98 valence electrons. The van der Waals surface area contributed by atoms with Crippen molar-refractivity contribution in [2.24, 2.45) is 11.8 Å². The van der Waals surface area contributed by atoms with Gasteiger partial charge in [0.2, 0.25) is 0 Å². The molecule has 2 atom stereocenters. The fourth-order valence-electron chi connectivity index (χ4n) is 2.53. The average molecular weight is 249 g/mol. The van der Waals surface area contributed by atoms with Crippen LogP contribution in [0.4, 0.5) is 5.82 Å². The van der Waals surface area contributed by atoms with Gasteiger partial charge in [-0.15, -0.1) is 0 Å². The Labute approximate surface area is 107 Å². The van der Waals surface area contributed by atoms with Crippen LogP contribution in [0.25, 0.3) is 0 Å². The van der Waals surface area contributed by atoms with Gasteiger partial charge in [0.15, 0.2) is 5.69 Å². The summed E-state index contributed by atoms with van der Waals surface area (Å²) in [6.45, 7) is 6.45. The maximum atomic E-state index is 10.7. The molecule has 1 aliphatic rings. The van der Waals surface area contributed by atoms with E-state index in [0.717, 1.165) is 31.2 Å². The summed E-state index contributed by atoms with van der Waals surface area (Å²) in [6.07, 6.45) is 5.27. The SMILES string of the molecule is CC1CCN(c2cnc(C(=O)O)cn2)CC(C)C1. The Morgan fingerprint density at radius 1 is 1.33 bits per heavy atom. The average Bonchev–Trinajstić information content (AvgIpc) is 2.50. The zero-order chi connectivity index (χ0) is 13.1. The number of carbonyl (C=O) groups is 1. The summed E-state index contributed by atoms with van der Waals surface area (Å²) in [5.41, 5.74) is -0.00464. The van der Waals surface area contributed by atoms with E-state index in [0.29, 0.717) is 5.92 Å². The van der Waals surface area contributed by atoms with E-state index in [1.165, 1.54) is 12.6 Å². The van der Waals surface area contributed by atoms with Crippen molar-refractivity contribution >= 4 is 11.8 Å². The Morgan fingerprint density at radius 3 is 2.72 bits per heavy atom. The quantitative estimate of drug-likeness (QED) is 0.868. The highest BCUT2D eigenvalue weighted by molar-refractivity contribution is 5.84. The highest BCUT2D eigenvalue weighted by Gasteiger charge is 2.20. The first-order chi connectivity index (χ1) is 8.56. The second-order valence-corrected chi connectivity index (χ2v) is 5.25. The first kappa shape index (κ1) is 12.8. The fraction of sp³-hybridized carbons (Fsp3) is 0.615. The van der Waals surface area contributed by atoms with E-state index >= 15 is 0 Å². The maximum Gasteiger partial charge on any atom is 0.356 e. The van der Waals surface area contributed by atoms with Crippen LogP contribution in [0.3, 0.4) is 0 Å². The van der Waals surface area contributed by atoms with E-state index < -0.39 is 5.97 Å². The van der Waals surface area contributed by atoms with Crippen molar-refractivity contribution in [2.75, 3.05) is 18.0 Å². The monoisotopic (exact) mass is 249 g/mol. The molecule has 0 saturated carbocycles. The number of hydrogen-bond acceptors (Lipinski definition) is 4. The summed E-state index contributed by atoms with van der Waals surface area (Å²) in [4.78, 5) is 21.1. The van der Waals surface area contributed by atoms with Crippen LogP contribution in [0.15, 0.2) is 12.4 Å². The van der Waals surface area contributed by atoms with Gasteiger partial charge in [0.05, 0.1) is 12.4 Å². The minimum absolute atomic E-state index is 0.00464. The van der Waals surface area contributed by atoms with Crippen molar-refractivity contribution < 1.29 is 9.90 Å². The van der Waals surface area contributed by atoms with E-state index in [-0.39, 0.29) is 5.69 Å². The predicted octanol–water partition coefficient (Wildman–Crippen LogP) is 2.05. The normalized spacial score (nSPS) is 24.7. The van der Waals surface area contributed by atoms with Crippen molar-refractivity contribution in [2.45, 2.75) is 26.7 Å². The molecule has 5 heteroatoms. The molecule has 0 spiro atoms. The maximum absolute atomic E-state index is 10.7. The van der Waals surface area contributed by atoms with Crippen molar-refractivity contribution in [3.8, 4) is 0 Å². The van der Waals surface area contributed by atoms with Gasteiger partial charge < -0.3 is 10.0 Å². The molecule has 1 N–H and O–H groups in total. The Hall–Kier alpha value is -1.65. The summed E-state index contributed by atoms with van der Waals surface area (Å²) in [7, 11) is 0. The van der Waals surface area contributed by atoms with Gasteiger partial charge in [0.25, 0.3) is 0 Å². The molecule has 2 unspecified atom stereocenters. The van der Waals surface area contributed by atoms with Crippen molar-refractivity contribution in [3.05, 3.63) is 18.1 Å². The third kappa shape index (κ3) is 2.97. The van der Waals surface area contributed by atoms with Gasteiger partial charge in [0.1, 0.15) is 5.82 Å². The van der Waals surface area contributed by atoms with Crippen molar-refractivity contribution in [3.63, 3.8) is 0 Å². The van der Waals surface area contributed by atoms with Crippen LogP contribution in [-0.2, 0) is 0 Å². The van der Waals surface area contributed by atoms with E-state index in [2.05, 4.69) is 28.7 Å². The Bertz CT molecular complexity index is 419. The lowest BCUT2D eigenvalue weighted by molar-refractivity contribution is 0.0690. The van der Waals surface area contributed by atoms with Crippen LogP contribution >= 0.6 is 0 Å². The lowest BCUT2D eigenvalue weighted by Gasteiger charge is -2.23. The molecule has 5 nitrogen and oxygen atoms in total. The fourth-order valence-corrected chi connectivity index (χ4v) is 2.53. The third-order valence-electron chi connectivity index (χ3n) is 3.41. The number of hydrogen-bond donors (Lipinski definition) is 1. The Morgan fingerprint density at radius 2 is 2.11 bits per heavy atom. The minimum Gasteiger partial charge on any atom is -0.476 e. The van der Waals surface area contributed by atoms with Gasteiger partial charge in [-0.3, -0.25) is 0 Å². The minimum atomic E-state index is -1.04. The zero-order valence-corrected chi connectivity index (χ0v) is 10.8. The van der Waals surface area contributed by atoms with Gasteiger partial charge in [-0.05, 0) is 24.7 Å². The van der Waals surface area contributed by atoms with Gasteiger partial charge in [-0.1, -0.05) is 13.8 Å². The van der Waals surface area contributed by atoms with E-state index in [1.54, 1.807) is 6.20 Å². The molecule has 1 aromatic rings. The van der Waals surface area contributed by atoms with Gasteiger partial charge in [-0.2, -0.15) is 0 Å². The molecule has 1 aromatic heterocycles. The van der Waals surface area contributed by atoms with E-state index in [4.69, 9.17) is 5.11 Å². The van der Waals surface area contributed by atoms with Crippen LogP contribution in [0, 0.1) is 11.8 Å². The highest BCUT2D eigenvalue weighted by atomic mass is 16.4. The molecule has 1 fully saturated rings. The summed E-state index contributed by atoms with van der Waals surface area (Å²) < 4.78 is 0. The first-order valence-corrected chi connectivity index (χ1v) is 6.36. The molecule has 18 heavy (non-hydrogen) atoms. The summed E-state index contributed by atoms with van der Waals surface area (Å²) in [5, 5.41) is 8.79. The molecule has 0 aromatic carbocycles. The number of aromatic carboxylic acids is 1. The zero-order valence-electron chi connectivity index (χ0n) is 10.8. The number of rotatable bonds is 2. The highest BCUT2D eigenvalue weighted by Crippen LogP contribution is 2.24. The molecule has 0 radical (unpaired) electrons. The lowest BCUT2D eigenvalue weighted by Crippen LogP contribution is -2.28. The molecule has 2 rings (SSSR count). The lowest BCUT2D eigenvalue weighted by atomic mass is 9.97. The van der Waals surface area contributed by atoms with E-state index in [1.807, 2.05) is 0 Å². The largest absolute Gasteiger partial charge is 0.476 e. The van der Waals surface area contributed by atoms with Crippen LogP contribution in [-0.4, -0.2) is 34.1 Å². The van der Waals surface area contributed by atoms with Crippen molar-refractivity contribution in [1.29, 1.82) is 0 Å². The van der Waals surface area contributed by atoms with Gasteiger partial charge >= 0.3 is 5.97 Å². The standard InChI is InChI=1S/C13H19N3O2/c1-9-3-4-16(8-10(2)5-9)12-7-14-11(6-15-12)13(17)18/h6-7,9-10H,3-5,8H2,1-2H3,(H,17,18). The molecule has 0 bridgehead atoms. The number of aromatic nitrogens is 2. The molecular weight excluding hydrogens is 230 g/mol. The Balaban J connectivity index is 2.12.